The van der Waals surface area contributed by atoms with Crippen molar-refractivity contribution in [1.29, 1.82) is 0 Å². The van der Waals surface area contributed by atoms with E-state index in [4.69, 9.17) is 9.47 Å². The van der Waals surface area contributed by atoms with Gasteiger partial charge in [0.15, 0.2) is 5.79 Å². The van der Waals surface area contributed by atoms with E-state index in [2.05, 4.69) is 29.8 Å². The number of ether oxygens (including phenoxy) is 2. The van der Waals surface area contributed by atoms with E-state index in [-0.39, 0.29) is 11.7 Å². The minimum absolute atomic E-state index is 0.178. The maximum absolute atomic E-state index is 12.1. The molecular formula is C17H25NO3S. The zero-order chi connectivity index (χ0) is 15.4. The number of hydrogen-bond donors (Lipinski definition) is 1. The average molecular weight is 323 g/mol. The van der Waals surface area contributed by atoms with Crippen molar-refractivity contribution < 1.29 is 14.3 Å². The summed E-state index contributed by atoms with van der Waals surface area (Å²) >= 11 is 1.75. The molecule has 3 rings (SSSR count). The summed E-state index contributed by atoms with van der Waals surface area (Å²) in [6.45, 7) is 4.31. The Bertz CT molecular complexity index is 472. The Kier molecular flexibility index (Phi) is 5.16. The molecule has 1 aromatic heterocycles. The number of rotatable bonds is 5. The molecule has 22 heavy (non-hydrogen) atoms. The molecule has 122 valence electrons. The number of carbonyl (C=O) groups excluding carboxylic acids is 1. The summed E-state index contributed by atoms with van der Waals surface area (Å²) < 4.78 is 11.5. The molecule has 1 aliphatic heterocycles. The van der Waals surface area contributed by atoms with Gasteiger partial charge >= 0.3 is 0 Å². The highest BCUT2D eigenvalue weighted by molar-refractivity contribution is 7.10. The Hall–Kier alpha value is -0.910. The van der Waals surface area contributed by atoms with Crippen LogP contribution in [0.25, 0.3) is 0 Å². The highest BCUT2D eigenvalue weighted by atomic mass is 32.1. The predicted molar refractivity (Wildman–Crippen MR) is 87.0 cm³/mol. The second kappa shape index (κ2) is 7.11. The minimum Gasteiger partial charge on any atom is -0.355 e. The first-order valence-corrected chi connectivity index (χ1v) is 9.13. The molecule has 1 aliphatic carbocycles. The van der Waals surface area contributed by atoms with Crippen molar-refractivity contribution in [3.05, 3.63) is 22.4 Å². The number of carbonyl (C=O) groups is 1. The fourth-order valence-corrected chi connectivity index (χ4v) is 4.17. The van der Waals surface area contributed by atoms with E-state index in [9.17, 15) is 4.79 Å². The van der Waals surface area contributed by atoms with Crippen LogP contribution in [-0.2, 0) is 14.3 Å². The SMILES string of the molecule is CC(CNC(=O)CC1CCC2(CC1)OCCO2)c1cccs1. The molecule has 5 heteroatoms. The van der Waals surface area contributed by atoms with Crippen LogP contribution < -0.4 is 5.32 Å². The Morgan fingerprint density at radius 3 is 2.77 bits per heavy atom. The largest absolute Gasteiger partial charge is 0.355 e. The van der Waals surface area contributed by atoms with E-state index >= 15 is 0 Å². The second-order valence-corrected chi connectivity index (χ2v) is 7.45. The summed E-state index contributed by atoms with van der Waals surface area (Å²) in [6, 6.07) is 4.19. The third-order valence-electron chi connectivity index (χ3n) is 4.79. The van der Waals surface area contributed by atoms with Crippen LogP contribution in [0.4, 0.5) is 0 Å². The maximum Gasteiger partial charge on any atom is 0.220 e. The third kappa shape index (κ3) is 3.89. The highest BCUT2D eigenvalue weighted by Crippen LogP contribution is 2.39. The van der Waals surface area contributed by atoms with Crippen LogP contribution >= 0.6 is 11.3 Å². The van der Waals surface area contributed by atoms with Crippen molar-refractivity contribution in [3.63, 3.8) is 0 Å². The van der Waals surface area contributed by atoms with E-state index < -0.39 is 0 Å². The van der Waals surface area contributed by atoms with Crippen LogP contribution in [0.3, 0.4) is 0 Å². The van der Waals surface area contributed by atoms with Crippen LogP contribution in [0, 0.1) is 5.92 Å². The van der Waals surface area contributed by atoms with Crippen molar-refractivity contribution in [1.82, 2.24) is 5.32 Å². The Labute approximate surface area is 136 Å². The zero-order valence-corrected chi connectivity index (χ0v) is 14.0. The van der Waals surface area contributed by atoms with Crippen molar-refractivity contribution in [3.8, 4) is 0 Å². The van der Waals surface area contributed by atoms with Crippen LogP contribution in [0.1, 0.15) is 49.8 Å². The van der Waals surface area contributed by atoms with Crippen LogP contribution in [0.5, 0.6) is 0 Å². The van der Waals surface area contributed by atoms with Gasteiger partial charge in [-0.2, -0.15) is 0 Å². The summed E-state index contributed by atoms with van der Waals surface area (Å²) in [5, 5.41) is 5.17. The molecule has 2 aliphatic rings. The molecule has 1 saturated heterocycles. The molecule has 2 fully saturated rings. The van der Waals surface area contributed by atoms with Crippen molar-refractivity contribution in [2.75, 3.05) is 19.8 Å². The predicted octanol–water partition coefficient (Wildman–Crippen LogP) is 3.29. The lowest BCUT2D eigenvalue weighted by Gasteiger charge is -2.35. The van der Waals surface area contributed by atoms with E-state index in [1.807, 2.05) is 0 Å². The quantitative estimate of drug-likeness (QED) is 0.904. The molecule has 1 aromatic rings. The first-order valence-electron chi connectivity index (χ1n) is 8.25. The molecule has 1 N–H and O–H groups in total. The van der Waals surface area contributed by atoms with Gasteiger partial charge in [-0.25, -0.2) is 0 Å². The lowest BCUT2D eigenvalue weighted by Crippen LogP contribution is -2.37. The molecule has 4 nitrogen and oxygen atoms in total. The zero-order valence-electron chi connectivity index (χ0n) is 13.2. The normalized spacial score (nSPS) is 22.8. The van der Waals surface area contributed by atoms with Gasteiger partial charge in [0.05, 0.1) is 13.2 Å². The minimum atomic E-state index is -0.319. The molecule has 1 atom stereocenters. The molecule has 1 saturated carbocycles. The van der Waals surface area contributed by atoms with Crippen molar-refractivity contribution in [2.24, 2.45) is 5.92 Å². The lowest BCUT2D eigenvalue weighted by molar-refractivity contribution is -0.183. The van der Waals surface area contributed by atoms with Gasteiger partial charge in [-0.3, -0.25) is 4.79 Å². The molecular weight excluding hydrogens is 298 g/mol. The average Bonchev–Trinajstić information content (AvgIpc) is 3.20. The first-order chi connectivity index (χ1) is 10.7. The molecule has 0 aromatic carbocycles. The Morgan fingerprint density at radius 1 is 1.41 bits per heavy atom. The van der Waals surface area contributed by atoms with Gasteiger partial charge in [0.25, 0.3) is 0 Å². The standard InChI is InChI=1S/C17H25NO3S/c1-13(15-3-2-10-22-15)12-18-16(19)11-14-4-6-17(7-5-14)20-8-9-21-17/h2-3,10,13-14H,4-9,11-12H2,1H3,(H,18,19). The molecule has 1 spiro atoms. The molecule has 1 amide bonds. The Balaban J connectivity index is 1.37. The van der Waals surface area contributed by atoms with E-state index in [1.165, 1.54) is 4.88 Å². The maximum atomic E-state index is 12.1. The van der Waals surface area contributed by atoms with Gasteiger partial charge < -0.3 is 14.8 Å². The first kappa shape index (κ1) is 16.0. The van der Waals surface area contributed by atoms with Crippen LogP contribution in [-0.4, -0.2) is 31.5 Å². The van der Waals surface area contributed by atoms with Gasteiger partial charge in [0.2, 0.25) is 5.91 Å². The second-order valence-electron chi connectivity index (χ2n) is 6.48. The fourth-order valence-electron chi connectivity index (χ4n) is 3.38. The fraction of sp³-hybridized carbons (Fsp3) is 0.706. The van der Waals surface area contributed by atoms with E-state index in [0.29, 0.717) is 31.5 Å². The summed E-state index contributed by atoms with van der Waals surface area (Å²) in [5.74, 6) is 0.715. The molecule has 2 heterocycles. The van der Waals surface area contributed by atoms with Gasteiger partial charge in [-0.05, 0) is 30.2 Å². The van der Waals surface area contributed by atoms with Gasteiger partial charge in [-0.1, -0.05) is 13.0 Å². The summed E-state index contributed by atoms with van der Waals surface area (Å²) in [6.07, 6.45) is 4.53. The smallest absolute Gasteiger partial charge is 0.220 e. The number of nitrogens with one attached hydrogen (secondary N) is 1. The molecule has 0 radical (unpaired) electrons. The highest BCUT2D eigenvalue weighted by Gasteiger charge is 2.40. The van der Waals surface area contributed by atoms with E-state index in [0.717, 1.165) is 32.2 Å². The topological polar surface area (TPSA) is 47.6 Å². The van der Waals surface area contributed by atoms with E-state index in [1.54, 1.807) is 11.3 Å². The van der Waals surface area contributed by atoms with Crippen LogP contribution in [0.2, 0.25) is 0 Å². The van der Waals surface area contributed by atoms with Gasteiger partial charge in [-0.15, -0.1) is 11.3 Å². The summed E-state index contributed by atoms with van der Waals surface area (Å²) in [4.78, 5) is 13.5. The summed E-state index contributed by atoms with van der Waals surface area (Å²) in [7, 11) is 0. The summed E-state index contributed by atoms with van der Waals surface area (Å²) in [5.41, 5.74) is 0. The third-order valence-corrected chi connectivity index (χ3v) is 5.89. The van der Waals surface area contributed by atoms with Gasteiger partial charge in [0.1, 0.15) is 0 Å². The lowest BCUT2D eigenvalue weighted by atomic mass is 9.83. The molecule has 0 bridgehead atoms. The number of amides is 1. The monoisotopic (exact) mass is 323 g/mol. The number of thiophene rings is 1. The molecule has 1 unspecified atom stereocenters. The van der Waals surface area contributed by atoms with Crippen molar-refractivity contribution >= 4 is 17.2 Å². The van der Waals surface area contributed by atoms with Gasteiger partial charge in [0, 0.05) is 36.6 Å². The Morgan fingerprint density at radius 2 is 2.14 bits per heavy atom. The van der Waals surface area contributed by atoms with Crippen LogP contribution in [0.15, 0.2) is 17.5 Å². The number of hydrogen-bond acceptors (Lipinski definition) is 4. The van der Waals surface area contributed by atoms with Crippen molar-refractivity contribution in [2.45, 2.75) is 50.7 Å².